The van der Waals surface area contributed by atoms with E-state index in [4.69, 9.17) is 4.74 Å². The second-order valence-electron chi connectivity index (χ2n) is 10.1. The minimum absolute atomic E-state index is 0.0628. The van der Waals surface area contributed by atoms with Gasteiger partial charge in [-0.2, -0.15) is 18.4 Å². The van der Waals surface area contributed by atoms with Crippen molar-refractivity contribution in [2.24, 2.45) is 28.6 Å². The quantitative estimate of drug-likeness (QED) is 0.471. The summed E-state index contributed by atoms with van der Waals surface area (Å²) in [6.45, 7) is 4.33. The standard InChI is InChI=1S/C23H30F3NO2/c1-20-9-10-22(28,23(24,25)26)12-15(20)4-6-16-17-7-5-14(8-11-27)21(17,2)13-18(29-3)19(16)20/h8,12,16-19,28H,4-7,9-10,13H2,1-3H3/b14-8-/t16-,17-,18-,19+,20-,21+,22+/m0/s1. The number of nitriles is 1. The maximum absolute atomic E-state index is 13.5. The molecular formula is C23H30F3NO2. The molecule has 3 saturated carbocycles. The van der Waals surface area contributed by atoms with Crippen molar-refractivity contribution in [2.75, 3.05) is 7.11 Å². The number of aliphatic hydroxyl groups is 1. The van der Waals surface area contributed by atoms with Gasteiger partial charge in [-0.25, -0.2) is 0 Å². The van der Waals surface area contributed by atoms with Crippen LogP contribution in [0, 0.1) is 39.9 Å². The van der Waals surface area contributed by atoms with Crippen molar-refractivity contribution in [2.45, 2.75) is 76.7 Å². The number of methoxy groups -OCH3 is 1. The van der Waals surface area contributed by atoms with Crippen molar-refractivity contribution in [3.8, 4) is 6.07 Å². The third kappa shape index (κ3) is 2.84. The van der Waals surface area contributed by atoms with Crippen molar-refractivity contribution < 1.29 is 23.0 Å². The Bertz CT molecular complexity index is 797. The fourth-order valence-corrected chi connectivity index (χ4v) is 7.42. The number of fused-ring (bicyclic) bond motifs is 5. The number of hydrogen-bond acceptors (Lipinski definition) is 3. The summed E-state index contributed by atoms with van der Waals surface area (Å²) < 4.78 is 46.4. The summed E-state index contributed by atoms with van der Waals surface area (Å²) in [4.78, 5) is 0. The van der Waals surface area contributed by atoms with Gasteiger partial charge in [0.25, 0.3) is 0 Å². The van der Waals surface area contributed by atoms with Crippen LogP contribution in [0.4, 0.5) is 13.2 Å². The number of rotatable bonds is 1. The van der Waals surface area contributed by atoms with Crippen LogP contribution in [0.15, 0.2) is 23.3 Å². The number of halogens is 3. The molecule has 4 aliphatic carbocycles. The van der Waals surface area contributed by atoms with Crippen molar-refractivity contribution in [1.29, 1.82) is 5.26 Å². The van der Waals surface area contributed by atoms with Crippen LogP contribution in [0.2, 0.25) is 0 Å². The molecule has 0 heterocycles. The summed E-state index contributed by atoms with van der Waals surface area (Å²) in [6.07, 6.45) is 2.31. The second-order valence-corrected chi connectivity index (χ2v) is 10.1. The van der Waals surface area contributed by atoms with Gasteiger partial charge in [-0.15, -0.1) is 0 Å². The normalized spacial score (nSPS) is 48.3. The van der Waals surface area contributed by atoms with Gasteiger partial charge in [0.1, 0.15) is 0 Å². The van der Waals surface area contributed by atoms with Gasteiger partial charge in [0, 0.05) is 13.2 Å². The van der Waals surface area contributed by atoms with E-state index in [9.17, 15) is 23.5 Å². The molecule has 29 heavy (non-hydrogen) atoms. The van der Waals surface area contributed by atoms with E-state index in [0.29, 0.717) is 24.7 Å². The molecule has 3 fully saturated rings. The Kier molecular flexibility index (Phi) is 4.76. The number of ether oxygens (including phenoxy) is 1. The van der Waals surface area contributed by atoms with Crippen LogP contribution in [-0.4, -0.2) is 30.1 Å². The van der Waals surface area contributed by atoms with Crippen molar-refractivity contribution in [3.05, 3.63) is 23.3 Å². The summed E-state index contributed by atoms with van der Waals surface area (Å²) in [5, 5.41) is 19.5. The molecule has 4 rings (SSSR count). The van der Waals surface area contributed by atoms with Crippen molar-refractivity contribution >= 4 is 0 Å². The van der Waals surface area contributed by atoms with Gasteiger partial charge in [0.05, 0.1) is 12.2 Å². The lowest BCUT2D eigenvalue weighted by Gasteiger charge is -2.60. The first kappa shape index (κ1) is 20.9. The topological polar surface area (TPSA) is 53.2 Å². The van der Waals surface area contributed by atoms with Crippen LogP contribution in [0.3, 0.4) is 0 Å². The molecule has 0 saturated heterocycles. The molecule has 0 aromatic heterocycles. The highest BCUT2D eigenvalue weighted by Crippen LogP contribution is 2.67. The van der Waals surface area contributed by atoms with Gasteiger partial charge in [-0.1, -0.05) is 25.0 Å². The maximum atomic E-state index is 13.5. The fraction of sp³-hybridized carbons (Fsp3) is 0.783. The predicted molar refractivity (Wildman–Crippen MR) is 103 cm³/mol. The Balaban J connectivity index is 1.74. The number of alkyl halides is 3. The average molecular weight is 409 g/mol. The van der Waals surface area contributed by atoms with Crippen LogP contribution >= 0.6 is 0 Å². The molecule has 0 aromatic carbocycles. The third-order valence-electron chi connectivity index (χ3n) is 8.97. The second kappa shape index (κ2) is 6.59. The lowest BCUT2D eigenvalue weighted by atomic mass is 9.46. The van der Waals surface area contributed by atoms with Gasteiger partial charge in [-0.3, -0.25) is 0 Å². The van der Waals surface area contributed by atoms with Crippen molar-refractivity contribution in [3.63, 3.8) is 0 Å². The lowest BCUT2D eigenvalue weighted by molar-refractivity contribution is -0.249. The maximum Gasteiger partial charge on any atom is 0.420 e. The molecule has 0 bridgehead atoms. The average Bonchev–Trinajstić information content (AvgIpc) is 2.97. The van der Waals surface area contributed by atoms with E-state index >= 15 is 0 Å². The summed E-state index contributed by atoms with van der Waals surface area (Å²) in [5.74, 6) is 0.938. The predicted octanol–water partition coefficient (Wildman–Crippen LogP) is 5.32. The zero-order chi connectivity index (χ0) is 21.2. The van der Waals surface area contributed by atoms with Gasteiger partial charge in [-0.05, 0) is 79.6 Å². The summed E-state index contributed by atoms with van der Waals surface area (Å²) in [7, 11) is 1.70. The lowest BCUT2D eigenvalue weighted by Crippen LogP contribution is -2.58. The molecule has 6 heteroatoms. The molecule has 0 aromatic rings. The first-order valence-electron chi connectivity index (χ1n) is 10.6. The largest absolute Gasteiger partial charge is 0.420 e. The Morgan fingerprint density at radius 2 is 1.93 bits per heavy atom. The minimum atomic E-state index is -4.65. The summed E-state index contributed by atoms with van der Waals surface area (Å²) >= 11 is 0. The highest BCUT2D eigenvalue weighted by molar-refractivity contribution is 5.33. The van der Waals surface area contributed by atoms with Gasteiger partial charge in [0.2, 0.25) is 0 Å². The van der Waals surface area contributed by atoms with Gasteiger partial charge < -0.3 is 9.84 Å². The monoisotopic (exact) mass is 409 g/mol. The van der Waals surface area contributed by atoms with Crippen LogP contribution in [0.1, 0.15) is 58.8 Å². The molecule has 0 spiro atoms. The molecule has 0 radical (unpaired) electrons. The van der Waals surface area contributed by atoms with E-state index in [-0.39, 0.29) is 29.3 Å². The smallest absolute Gasteiger partial charge is 0.381 e. The number of allylic oxidation sites excluding steroid dienone is 3. The van der Waals surface area contributed by atoms with E-state index in [2.05, 4.69) is 19.9 Å². The fourth-order valence-electron chi connectivity index (χ4n) is 7.42. The van der Waals surface area contributed by atoms with E-state index in [1.54, 1.807) is 13.2 Å². The molecule has 0 unspecified atom stereocenters. The molecule has 4 aliphatic rings. The zero-order valence-electron chi connectivity index (χ0n) is 17.4. The number of hydrogen-bond donors (Lipinski definition) is 1. The third-order valence-corrected chi connectivity index (χ3v) is 8.97. The first-order valence-corrected chi connectivity index (χ1v) is 10.6. The van der Waals surface area contributed by atoms with E-state index < -0.39 is 11.8 Å². The Labute approximate surface area is 170 Å². The van der Waals surface area contributed by atoms with Gasteiger partial charge >= 0.3 is 6.18 Å². The zero-order valence-corrected chi connectivity index (χ0v) is 17.4. The molecule has 3 nitrogen and oxygen atoms in total. The van der Waals surface area contributed by atoms with Crippen LogP contribution in [0.25, 0.3) is 0 Å². The minimum Gasteiger partial charge on any atom is -0.381 e. The summed E-state index contributed by atoms with van der Waals surface area (Å²) in [6, 6.07) is 2.20. The highest BCUT2D eigenvalue weighted by Gasteiger charge is 2.64. The van der Waals surface area contributed by atoms with Crippen LogP contribution in [-0.2, 0) is 4.74 Å². The molecule has 160 valence electrons. The van der Waals surface area contributed by atoms with E-state index in [0.717, 1.165) is 37.3 Å². The first-order chi connectivity index (χ1) is 13.5. The molecule has 0 amide bonds. The molecule has 7 atom stereocenters. The molecule has 1 N–H and O–H groups in total. The van der Waals surface area contributed by atoms with Gasteiger partial charge in [0.15, 0.2) is 5.60 Å². The Morgan fingerprint density at radius 3 is 2.55 bits per heavy atom. The Hall–Kier alpha value is -1.32. The summed E-state index contributed by atoms with van der Waals surface area (Å²) in [5.41, 5.74) is -1.22. The Morgan fingerprint density at radius 1 is 1.21 bits per heavy atom. The van der Waals surface area contributed by atoms with E-state index in [1.165, 1.54) is 5.57 Å². The van der Waals surface area contributed by atoms with E-state index in [1.807, 2.05) is 0 Å². The van der Waals surface area contributed by atoms with Crippen LogP contribution in [0.5, 0.6) is 0 Å². The molecule has 0 aliphatic heterocycles. The van der Waals surface area contributed by atoms with Crippen LogP contribution < -0.4 is 0 Å². The number of nitrogens with zero attached hydrogens (tertiary/aromatic N) is 1. The highest BCUT2D eigenvalue weighted by atomic mass is 19.4. The molecular weight excluding hydrogens is 379 g/mol. The SMILES string of the molecule is CO[C@H]1C[C@]2(C)/C(=C\C#N)CC[C@H]2[C@@H]2CCC3=C[C@@](O)(C(F)(F)F)CC[C@]3(C)[C@H]21. The van der Waals surface area contributed by atoms with Crippen molar-refractivity contribution in [1.82, 2.24) is 0 Å².